The van der Waals surface area contributed by atoms with Crippen molar-refractivity contribution in [2.45, 2.75) is 26.8 Å². The molecule has 0 aliphatic rings. The van der Waals surface area contributed by atoms with Crippen LogP contribution < -0.4 is 10.7 Å². The van der Waals surface area contributed by atoms with E-state index in [1.807, 2.05) is 13.8 Å². The maximum absolute atomic E-state index is 13.2. The van der Waals surface area contributed by atoms with E-state index in [0.29, 0.717) is 22.4 Å². The molecule has 7 heteroatoms. The standard InChI is InChI=1S/C18H19FN4O2/c1-10(2)20-17(25)14-9-22(4)18-15(16(14)24)11(3)21-23(18)13-7-5-12(19)6-8-13/h5-10H,1-4H3,(H,20,25). The number of nitrogens with zero attached hydrogens (tertiary/aromatic N) is 3. The van der Waals surface area contributed by atoms with Crippen LogP contribution in [0, 0.1) is 12.7 Å². The van der Waals surface area contributed by atoms with Crippen molar-refractivity contribution < 1.29 is 9.18 Å². The van der Waals surface area contributed by atoms with E-state index in [1.165, 1.54) is 18.3 Å². The lowest BCUT2D eigenvalue weighted by Crippen LogP contribution is -2.34. The summed E-state index contributed by atoms with van der Waals surface area (Å²) in [5.74, 6) is -0.759. The Morgan fingerprint density at radius 2 is 1.88 bits per heavy atom. The maximum atomic E-state index is 13.2. The van der Waals surface area contributed by atoms with Crippen molar-refractivity contribution in [1.82, 2.24) is 19.7 Å². The van der Waals surface area contributed by atoms with Gasteiger partial charge in [-0.2, -0.15) is 5.10 Å². The third-order valence-electron chi connectivity index (χ3n) is 3.90. The average molecular weight is 342 g/mol. The van der Waals surface area contributed by atoms with Crippen LogP contribution >= 0.6 is 0 Å². The molecule has 3 rings (SSSR count). The quantitative estimate of drug-likeness (QED) is 0.794. The summed E-state index contributed by atoms with van der Waals surface area (Å²) in [6.07, 6.45) is 1.50. The van der Waals surface area contributed by atoms with Crippen molar-refractivity contribution in [3.05, 3.63) is 57.8 Å². The molecule has 0 aliphatic heterocycles. The molecule has 1 aromatic carbocycles. The predicted molar refractivity (Wildman–Crippen MR) is 93.6 cm³/mol. The van der Waals surface area contributed by atoms with Crippen molar-refractivity contribution in [2.24, 2.45) is 7.05 Å². The van der Waals surface area contributed by atoms with Crippen LogP contribution in [0.5, 0.6) is 0 Å². The summed E-state index contributed by atoms with van der Waals surface area (Å²) in [5, 5.41) is 7.53. The smallest absolute Gasteiger partial charge is 0.256 e. The number of nitrogens with one attached hydrogen (secondary N) is 1. The van der Waals surface area contributed by atoms with Gasteiger partial charge < -0.3 is 9.88 Å². The summed E-state index contributed by atoms with van der Waals surface area (Å²) in [5.41, 5.74) is 1.41. The lowest BCUT2D eigenvalue weighted by atomic mass is 10.1. The minimum absolute atomic E-state index is 0.0732. The minimum atomic E-state index is -0.411. The van der Waals surface area contributed by atoms with Gasteiger partial charge in [-0.15, -0.1) is 0 Å². The van der Waals surface area contributed by atoms with Gasteiger partial charge in [0.15, 0.2) is 0 Å². The third kappa shape index (κ3) is 2.93. The molecule has 3 aromatic rings. The van der Waals surface area contributed by atoms with Gasteiger partial charge in [0.1, 0.15) is 17.0 Å². The molecule has 0 aliphatic carbocycles. The summed E-state index contributed by atoms with van der Waals surface area (Å²) >= 11 is 0. The first-order valence-electron chi connectivity index (χ1n) is 7.95. The Morgan fingerprint density at radius 3 is 2.48 bits per heavy atom. The topological polar surface area (TPSA) is 68.9 Å². The molecular weight excluding hydrogens is 323 g/mol. The number of carbonyl (C=O) groups is 1. The van der Waals surface area contributed by atoms with Gasteiger partial charge in [-0.1, -0.05) is 0 Å². The Labute approximate surface area is 143 Å². The van der Waals surface area contributed by atoms with Crippen LogP contribution in [0.2, 0.25) is 0 Å². The Balaban J connectivity index is 2.25. The van der Waals surface area contributed by atoms with Crippen LogP contribution in [0.1, 0.15) is 29.9 Å². The Morgan fingerprint density at radius 1 is 1.24 bits per heavy atom. The van der Waals surface area contributed by atoms with Gasteiger partial charge in [0.25, 0.3) is 5.91 Å². The number of pyridine rings is 1. The summed E-state index contributed by atoms with van der Waals surface area (Å²) in [4.78, 5) is 25.1. The normalized spacial score (nSPS) is 11.3. The fourth-order valence-electron chi connectivity index (χ4n) is 2.82. The monoisotopic (exact) mass is 342 g/mol. The zero-order chi connectivity index (χ0) is 18.3. The molecule has 0 spiro atoms. The summed E-state index contributed by atoms with van der Waals surface area (Å²) in [7, 11) is 1.75. The van der Waals surface area contributed by atoms with E-state index >= 15 is 0 Å². The number of aromatic nitrogens is 3. The molecule has 0 radical (unpaired) electrons. The molecule has 1 amide bonds. The molecule has 2 heterocycles. The Hall–Kier alpha value is -2.96. The number of benzene rings is 1. The van der Waals surface area contributed by atoms with Crippen molar-refractivity contribution in [1.29, 1.82) is 0 Å². The van der Waals surface area contributed by atoms with Crippen LogP contribution in [-0.2, 0) is 7.05 Å². The first kappa shape index (κ1) is 16.9. The highest BCUT2D eigenvalue weighted by atomic mass is 19.1. The maximum Gasteiger partial charge on any atom is 0.256 e. The molecule has 130 valence electrons. The first-order valence-corrected chi connectivity index (χ1v) is 7.95. The van der Waals surface area contributed by atoms with Gasteiger partial charge in [-0.25, -0.2) is 9.07 Å². The molecule has 0 fully saturated rings. The van der Waals surface area contributed by atoms with Gasteiger partial charge in [-0.05, 0) is 45.0 Å². The third-order valence-corrected chi connectivity index (χ3v) is 3.90. The van der Waals surface area contributed by atoms with E-state index in [0.717, 1.165) is 0 Å². The van der Waals surface area contributed by atoms with E-state index in [2.05, 4.69) is 10.4 Å². The zero-order valence-corrected chi connectivity index (χ0v) is 14.5. The number of rotatable bonds is 3. The minimum Gasteiger partial charge on any atom is -0.350 e. The fourth-order valence-corrected chi connectivity index (χ4v) is 2.82. The number of hydrogen-bond acceptors (Lipinski definition) is 3. The summed E-state index contributed by atoms with van der Waals surface area (Å²) in [6.45, 7) is 5.38. The molecule has 1 N–H and O–H groups in total. The highest BCUT2D eigenvalue weighted by molar-refractivity contribution is 5.97. The van der Waals surface area contributed by atoms with Crippen LogP contribution in [0.4, 0.5) is 4.39 Å². The highest BCUT2D eigenvalue weighted by Crippen LogP contribution is 2.20. The summed E-state index contributed by atoms with van der Waals surface area (Å²) < 4.78 is 16.5. The molecule has 0 atom stereocenters. The van der Waals surface area contributed by atoms with Gasteiger partial charge in [-0.3, -0.25) is 9.59 Å². The summed E-state index contributed by atoms with van der Waals surface area (Å²) in [6, 6.07) is 5.77. The van der Waals surface area contributed by atoms with Crippen molar-refractivity contribution in [3.8, 4) is 5.69 Å². The molecular formula is C18H19FN4O2. The number of halogens is 1. The van der Waals surface area contributed by atoms with Gasteiger partial charge in [0, 0.05) is 19.3 Å². The largest absolute Gasteiger partial charge is 0.350 e. The molecule has 0 bridgehead atoms. The van der Waals surface area contributed by atoms with E-state index in [4.69, 9.17) is 0 Å². The van der Waals surface area contributed by atoms with E-state index < -0.39 is 5.91 Å². The molecule has 0 saturated heterocycles. The Bertz CT molecular complexity index is 1020. The molecule has 6 nitrogen and oxygen atoms in total. The van der Waals surface area contributed by atoms with Gasteiger partial charge in [0.2, 0.25) is 5.43 Å². The molecule has 0 unspecified atom stereocenters. The van der Waals surface area contributed by atoms with Crippen LogP contribution in [0.15, 0.2) is 35.3 Å². The van der Waals surface area contributed by atoms with Gasteiger partial charge >= 0.3 is 0 Å². The second-order valence-corrected chi connectivity index (χ2v) is 6.28. The fraction of sp³-hybridized carbons (Fsp3) is 0.278. The van der Waals surface area contributed by atoms with Crippen molar-refractivity contribution in [2.75, 3.05) is 0 Å². The lowest BCUT2D eigenvalue weighted by Gasteiger charge is -2.11. The highest BCUT2D eigenvalue weighted by Gasteiger charge is 2.21. The van der Waals surface area contributed by atoms with E-state index in [1.54, 1.807) is 35.4 Å². The second-order valence-electron chi connectivity index (χ2n) is 6.28. The number of hydrogen-bond donors (Lipinski definition) is 1. The number of aryl methyl sites for hydroxylation is 2. The second kappa shape index (κ2) is 6.16. The van der Waals surface area contributed by atoms with Crippen LogP contribution in [0.3, 0.4) is 0 Å². The lowest BCUT2D eigenvalue weighted by molar-refractivity contribution is 0.0941. The predicted octanol–water partition coefficient (Wildman–Crippen LogP) is 2.31. The van der Waals surface area contributed by atoms with Crippen molar-refractivity contribution in [3.63, 3.8) is 0 Å². The van der Waals surface area contributed by atoms with Gasteiger partial charge in [0.05, 0.1) is 16.8 Å². The molecule has 25 heavy (non-hydrogen) atoms. The Kier molecular flexibility index (Phi) is 4.16. The SMILES string of the molecule is Cc1nn(-c2ccc(F)cc2)c2c1c(=O)c(C(=O)NC(C)C)cn2C. The molecule has 0 saturated carbocycles. The van der Waals surface area contributed by atoms with E-state index in [-0.39, 0.29) is 22.9 Å². The zero-order valence-electron chi connectivity index (χ0n) is 14.5. The number of fused-ring (bicyclic) bond motifs is 1. The first-order chi connectivity index (χ1) is 11.8. The number of carbonyl (C=O) groups excluding carboxylic acids is 1. The average Bonchev–Trinajstić information content (AvgIpc) is 2.89. The van der Waals surface area contributed by atoms with E-state index in [9.17, 15) is 14.0 Å². The van der Waals surface area contributed by atoms with Crippen LogP contribution in [0.25, 0.3) is 16.7 Å². The van der Waals surface area contributed by atoms with Crippen molar-refractivity contribution >= 4 is 16.9 Å². The number of amides is 1. The molecule has 2 aromatic heterocycles. The van der Waals surface area contributed by atoms with Crippen LogP contribution in [-0.4, -0.2) is 26.3 Å².